The number of hydrogen-bond donors (Lipinski definition) is 3. The molecule has 41 heavy (non-hydrogen) atoms. The number of aromatic amines is 1. The number of nitrogens with zero attached hydrogens (tertiary/aromatic N) is 4. The number of halogens is 1. The zero-order valence-electron chi connectivity index (χ0n) is 22.5. The summed E-state index contributed by atoms with van der Waals surface area (Å²) in [6.45, 7) is 0.429. The van der Waals surface area contributed by atoms with Crippen molar-refractivity contribution in [3.8, 4) is 11.4 Å². The lowest BCUT2D eigenvalue weighted by Crippen LogP contribution is -2.35. The Kier molecular flexibility index (Phi) is 7.98. The molecule has 1 aliphatic carbocycles. The Morgan fingerprint density at radius 3 is 2.63 bits per heavy atom. The Morgan fingerprint density at radius 2 is 1.85 bits per heavy atom. The number of rotatable bonds is 9. The third-order valence-electron chi connectivity index (χ3n) is 7.62. The minimum atomic E-state index is -1.06. The SMILES string of the molecule is O=C(O)c1[nH]c2cc(Cl)ccc2c1C(NC1CCCCCC1)c1nnnn1-c1cccc(OCc2ccccc2)c1. The van der Waals surface area contributed by atoms with Gasteiger partial charge in [0.15, 0.2) is 5.82 Å². The van der Waals surface area contributed by atoms with Crippen molar-refractivity contribution >= 4 is 28.5 Å². The molecule has 1 unspecified atom stereocenters. The maximum atomic E-state index is 12.5. The summed E-state index contributed by atoms with van der Waals surface area (Å²) in [5.74, 6) is 0.108. The second kappa shape index (κ2) is 12.1. The van der Waals surface area contributed by atoms with Gasteiger partial charge in [0, 0.05) is 33.6 Å². The Bertz CT molecular complexity index is 1640. The standard InChI is InChI=1S/C31H31ClN6O3/c32-21-15-16-25-26(17-21)34-29(31(39)40)27(25)28(33-22-11-6-1-2-7-12-22)30-35-36-37-38(30)23-13-8-14-24(18-23)41-19-20-9-4-3-5-10-20/h3-5,8-10,13-18,22,28,33-34H,1-2,6-7,11-12,19H2,(H,39,40). The van der Waals surface area contributed by atoms with E-state index in [-0.39, 0.29) is 11.7 Å². The van der Waals surface area contributed by atoms with Gasteiger partial charge in [-0.15, -0.1) is 5.10 Å². The lowest BCUT2D eigenvalue weighted by Gasteiger charge is -2.25. The molecular formula is C31H31ClN6O3. The van der Waals surface area contributed by atoms with Crippen molar-refractivity contribution in [3.63, 3.8) is 0 Å². The summed E-state index contributed by atoms with van der Waals surface area (Å²) in [6.07, 6.45) is 6.62. The number of H-pyrrole nitrogens is 1. The molecule has 2 heterocycles. The molecule has 10 heteroatoms. The summed E-state index contributed by atoms with van der Waals surface area (Å²) in [6, 6.07) is 22.5. The van der Waals surface area contributed by atoms with Crippen molar-refractivity contribution in [2.75, 3.05) is 0 Å². The van der Waals surface area contributed by atoms with Crippen LogP contribution in [0.15, 0.2) is 72.8 Å². The number of aromatic carboxylic acids is 1. The van der Waals surface area contributed by atoms with Crippen LogP contribution in [0.1, 0.15) is 72.0 Å². The van der Waals surface area contributed by atoms with Crippen LogP contribution in [0.5, 0.6) is 5.75 Å². The van der Waals surface area contributed by atoms with Gasteiger partial charge in [-0.3, -0.25) is 0 Å². The van der Waals surface area contributed by atoms with Gasteiger partial charge in [0.05, 0.1) is 11.7 Å². The van der Waals surface area contributed by atoms with Crippen molar-refractivity contribution in [1.29, 1.82) is 0 Å². The summed E-state index contributed by atoms with van der Waals surface area (Å²) >= 11 is 6.27. The quantitative estimate of drug-likeness (QED) is 0.174. The second-order valence-corrected chi connectivity index (χ2v) is 10.9. The molecular weight excluding hydrogens is 540 g/mol. The molecule has 5 aromatic rings. The Morgan fingerprint density at radius 1 is 1.05 bits per heavy atom. The highest BCUT2D eigenvalue weighted by Crippen LogP contribution is 2.35. The van der Waals surface area contributed by atoms with Crippen LogP contribution in [0.25, 0.3) is 16.6 Å². The molecule has 3 aromatic carbocycles. The van der Waals surface area contributed by atoms with Crippen LogP contribution in [0.3, 0.4) is 0 Å². The third kappa shape index (κ3) is 5.96. The number of tetrazole rings is 1. The summed E-state index contributed by atoms with van der Waals surface area (Å²) in [5.41, 5.74) is 3.09. The van der Waals surface area contributed by atoms with E-state index in [1.54, 1.807) is 16.8 Å². The van der Waals surface area contributed by atoms with Gasteiger partial charge in [-0.2, -0.15) is 4.68 Å². The number of aromatic nitrogens is 5. The van der Waals surface area contributed by atoms with E-state index in [0.717, 1.165) is 36.6 Å². The number of fused-ring (bicyclic) bond motifs is 1. The first-order chi connectivity index (χ1) is 20.1. The van der Waals surface area contributed by atoms with E-state index in [2.05, 4.69) is 25.8 Å². The molecule has 0 amide bonds. The predicted octanol–water partition coefficient (Wildman–Crippen LogP) is 6.48. The van der Waals surface area contributed by atoms with Crippen molar-refractivity contribution in [1.82, 2.24) is 30.5 Å². The molecule has 1 atom stereocenters. The number of carboxylic acids is 1. The Hall–Kier alpha value is -4.21. The minimum absolute atomic E-state index is 0.0860. The van der Waals surface area contributed by atoms with Crippen molar-refractivity contribution in [3.05, 3.63) is 100 Å². The zero-order chi connectivity index (χ0) is 28.2. The normalized spacial score (nSPS) is 15.0. The third-order valence-corrected chi connectivity index (χ3v) is 7.86. The number of nitrogens with one attached hydrogen (secondary N) is 2. The van der Waals surface area contributed by atoms with Gasteiger partial charge in [-0.1, -0.05) is 79.7 Å². The maximum Gasteiger partial charge on any atom is 0.352 e. The first kappa shape index (κ1) is 27.0. The highest BCUT2D eigenvalue weighted by Gasteiger charge is 2.32. The highest BCUT2D eigenvalue weighted by molar-refractivity contribution is 6.31. The largest absolute Gasteiger partial charge is 0.489 e. The highest BCUT2D eigenvalue weighted by atomic mass is 35.5. The molecule has 0 spiro atoms. The lowest BCUT2D eigenvalue weighted by atomic mass is 9.98. The fraction of sp³-hybridized carbons (Fsp3) is 0.290. The second-order valence-electron chi connectivity index (χ2n) is 10.4. The predicted molar refractivity (Wildman–Crippen MR) is 157 cm³/mol. The summed E-state index contributed by atoms with van der Waals surface area (Å²) in [7, 11) is 0. The maximum absolute atomic E-state index is 12.5. The van der Waals surface area contributed by atoms with Crippen LogP contribution in [-0.4, -0.2) is 42.3 Å². The van der Waals surface area contributed by atoms with E-state index in [1.807, 2.05) is 60.7 Å². The summed E-state index contributed by atoms with van der Waals surface area (Å²) < 4.78 is 7.72. The first-order valence-electron chi connectivity index (χ1n) is 13.9. The molecule has 0 radical (unpaired) electrons. The van der Waals surface area contributed by atoms with E-state index in [0.29, 0.717) is 40.0 Å². The number of carboxylic acid groups (broad SMARTS) is 1. The van der Waals surface area contributed by atoms with E-state index in [1.165, 1.54) is 12.8 Å². The number of carbonyl (C=O) groups is 1. The molecule has 3 N–H and O–H groups in total. The minimum Gasteiger partial charge on any atom is -0.489 e. The molecule has 0 saturated heterocycles. The van der Waals surface area contributed by atoms with E-state index in [4.69, 9.17) is 16.3 Å². The van der Waals surface area contributed by atoms with Gasteiger partial charge in [0.2, 0.25) is 0 Å². The summed E-state index contributed by atoms with van der Waals surface area (Å²) in [5, 5.41) is 28.1. The molecule has 210 valence electrons. The monoisotopic (exact) mass is 570 g/mol. The fourth-order valence-electron chi connectivity index (χ4n) is 5.63. The zero-order valence-corrected chi connectivity index (χ0v) is 23.2. The van der Waals surface area contributed by atoms with Crippen molar-refractivity contribution < 1.29 is 14.6 Å². The first-order valence-corrected chi connectivity index (χ1v) is 14.3. The number of ether oxygens (including phenoxy) is 1. The molecule has 9 nitrogen and oxygen atoms in total. The molecule has 0 aliphatic heterocycles. The van der Waals surface area contributed by atoms with Crippen LogP contribution < -0.4 is 10.1 Å². The van der Waals surface area contributed by atoms with Crippen molar-refractivity contribution in [2.24, 2.45) is 0 Å². The van der Waals surface area contributed by atoms with Gasteiger partial charge in [0.25, 0.3) is 0 Å². The van der Waals surface area contributed by atoms with Gasteiger partial charge in [0.1, 0.15) is 18.1 Å². The van der Waals surface area contributed by atoms with Crippen LogP contribution in [-0.2, 0) is 6.61 Å². The molecule has 2 aromatic heterocycles. The van der Waals surface area contributed by atoms with E-state index in [9.17, 15) is 9.90 Å². The summed E-state index contributed by atoms with van der Waals surface area (Å²) in [4.78, 5) is 15.6. The molecule has 0 bridgehead atoms. The van der Waals surface area contributed by atoms with Gasteiger partial charge < -0.3 is 20.1 Å². The molecule has 1 fully saturated rings. The van der Waals surface area contributed by atoms with Crippen molar-refractivity contribution in [2.45, 2.75) is 57.2 Å². The van der Waals surface area contributed by atoms with Gasteiger partial charge >= 0.3 is 5.97 Å². The number of benzene rings is 3. The molecule has 1 saturated carbocycles. The van der Waals surface area contributed by atoms with Gasteiger partial charge in [-0.05, 0) is 53.1 Å². The average Bonchev–Trinajstić information content (AvgIpc) is 3.53. The molecule has 1 aliphatic rings. The van der Waals surface area contributed by atoms with E-state index < -0.39 is 12.0 Å². The van der Waals surface area contributed by atoms with Gasteiger partial charge in [-0.25, -0.2) is 4.79 Å². The smallest absolute Gasteiger partial charge is 0.352 e. The van der Waals surface area contributed by atoms with Crippen LogP contribution in [0.2, 0.25) is 5.02 Å². The number of hydrogen-bond acceptors (Lipinski definition) is 6. The van der Waals surface area contributed by atoms with Crippen LogP contribution in [0.4, 0.5) is 0 Å². The van der Waals surface area contributed by atoms with E-state index >= 15 is 0 Å². The topological polar surface area (TPSA) is 118 Å². The Balaban J connectivity index is 1.41. The Labute approximate surface area is 242 Å². The van der Waals surface area contributed by atoms with Crippen LogP contribution in [0, 0.1) is 0 Å². The lowest BCUT2D eigenvalue weighted by molar-refractivity contribution is 0.0689. The average molecular weight is 571 g/mol. The molecule has 6 rings (SSSR count). The van der Waals surface area contributed by atoms with Crippen LogP contribution >= 0.6 is 11.6 Å². The fourth-order valence-corrected chi connectivity index (χ4v) is 5.80.